The molecule has 3 rings (SSSR count). The second-order valence-electron chi connectivity index (χ2n) is 10.0. The van der Waals surface area contributed by atoms with Crippen LogP contribution in [-0.2, 0) is 43.6 Å². The highest BCUT2D eigenvalue weighted by Crippen LogP contribution is 2.12. The van der Waals surface area contributed by atoms with E-state index in [0.29, 0.717) is 12.8 Å². The third-order valence-corrected chi connectivity index (χ3v) is 6.59. The zero-order chi connectivity index (χ0) is 31.6. The van der Waals surface area contributed by atoms with Gasteiger partial charge in [-0.1, -0.05) is 91.0 Å². The van der Waals surface area contributed by atoms with Crippen LogP contribution in [-0.4, -0.2) is 64.8 Å². The first-order valence-corrected chi connectivity index (χ1v) is 14.4. The number of carbonyl (C=O) groups excluding carboxylic acids is 3. The molecule has 1 unspecified atom stereocenters. The van der Waals surface area contributed by atoms with Crippen molar-refractivity contribution in [2.75, 3.05) is 19.6 Å². The van der Waals surface area contributed by atoms with Crippen LogP contribution in [0.1, 0.15) is 42.4 Å². The van der Waals surface area contributed by atoms with Gasteiger partial charge >= 0.3 is 24.1 Å². The standard InChI is InChI=1S/C33H39N3O8/c34-29(18-19-31(39)42-23-26-12-4-1-5-13-26)36(33(41)44-25-28-16-8-3-9-17-28)21-11-10-20-35(22-30(37)38)32(40)43-24-27-14-6-2-7-15-27/h1-9,12-17,29H,10-11,18-25,34H2,(H,37,38). The van der Waals surface area contributed by atoms with Crippen molar-refractivity contribution in [3.63, 3.8) is 0 Å². The Hall–Kier alpha value is -4.90. The molecule has 3 N–H and O–H groups in total. The molecule has 0 aliphatic heterocycles. The van der Waals surface area contributed by atoms with Crippen LogP contribution in [0.4, 0.5) is 9.59 Å². The van der Waals surface area contributed by atoms with E-state index in [1.165, 1.54) is 4.90 Å². The zero-order valence-electron chi connectivity index (χ0n) is 24.6. The van der Waals surface area contributed by atoms with E-state index in [-0.39, 0.29) is 45.8 Å². The van der Waals surface area contributed by atoms with Crippen LogP contribution in [0.2, 0.25) is 0 Å². The van der Waals surface area contributed by atoms with Gasteiger partial charge in [-0.15, -0.1) is 0 Å². The predicted octanol–water partition coefficient (Wildman–Crippen LogP) is 4.94. The van der Waals surface area contributed by atoms with Crippen LogP contribution in [0.3, 0.4) is 0 Å². The molecule has 0 fully saturated rings. The van der Waals surface area contributed by atoms with Crippen LogP contribution >= 0.6 is 0 Å². The summed E-state index contributed by atoms with van der Waals surface area (Å²) in [6.45, 7) is -0.0811. The molecule has 0 saturated heterocycles. The lowest BCUT2D eigenvalue weighted by Crippen LogP contribution is -2.47. The molecular formula is C33H39N3O8. The van der Waals surface area contributed by atoms with E-state index in [0.717, 1.165) is 21.6 Å². The summed E-state index contributed by atoms with van der Waals surface area (Å²) in [6, 6.07) is 27.5. The molecule has 2 amide bonds. The van der Waals surface area contributed by atoms with Crippen LogP contribution in [0.5, 0.6) is 0 Å². The normalized spacial score (nSPS) is 11.2. The van der Waals surface area contributed by atoms with E-state index >= 15 is 0 Å². The Kier molecular flexibility index (Phi) is 14.2. The zero-order valence-corrected chi connectivity index (χ0v) is 24.6. The molecule has 0 radical (unpaired) electrons. The van der Waals surface area contributed by atoms with Gasteiger partial charge in [-0.25, -0.2) is 9.59 Å². The lowest BCUT2D eigenvalue weighted by atomic mass is 10.2. The van der Waals surface area contributed by atoms with Crippen molar-refractivity contribution in [3.8, 4) is 0 Å². The number of aliphatic carboxylic acids is 1. The fraction of sp³-hybridized carbons (Fsp3) is 0.333. The third-order valence-electron chi connectivity index (χ3n) is 6.59. The molecule has 0 spiro atoms. The molecule has 0 aromatic heterocycles. The Morgan fingerprint density at radius 2 is 1.11 bits per heavy atom. The molecule has 3 aromatic carbocycles. The van der Waals surface area contributed by atoms with Crippen LogP contribution in [0, 0.1) is 0 Å². The Morgan fingerprint density at radius 1 is 0.659 bits per heavy atom. The van der Waals surface area contributed by atoms with Gasteiger partial charge in [0.2, 0.25) is 0 Å². The van der Waals surface area contributed by atoms with E-state index in [9.17, 15) is 24.3 Å². The van der Waals surface area contributed by atoms with E-state index in [1.807, 2.05) is 78.9 Å². The van der Waals surface area contributed by atoms with Crippen molar-refractivity contribution < 1.29 is 38.5 Å². The number of unbranched alkanes of at least 4 members (excludes halogenated alkanes) is 1. The molecule has 0 aliphatic rings. The number of benzene rings is 3. The summed E-state index contributed by atoms with van der Waals surface area (Å²) in [5, 5.41) is 9.30. The first kappa shape index (κ1) is 33.6. The number of hydrogen-bond donors (Lipinski definition) is 2. The number of carboxylic acids is 1. The highest BCUT2D eigenvalue weighted by molar-refractivity contribution is 5.76. The summed E-state index contributed by atoms with van der Waals surface area (Å²) in [5.41, 5.74) is 8.79. The van der Waals surface area contributed by atoms with Gasteiger partial charge in [0.25, 0.3) is 0 Å². The third kappa shape index (κ3) is 12.5. The smallest absolute Gasteiger partial charge is 0.411 e. The van der Waals surface area contributed by atoms with Crippen LogP contribution < -0.4 is 5.73 Å². The maximum Gasteiger partial charge on any atom is 0.411 e. The van der Waals surface area contributed by atoms with Gasteiger partial charge in [-0.05, 0) is 36.0 Å². The molecule has 0 aliphatic carbocycles. The Bertz CT molecular complexity index is 1310. The number of carbonyl (C=O) groups is 4. The minimum atomic E-state index is -1.17. The van der Waals surface area contributed by atoms with Gasteiger partial charge in [0.1, 0.15) is 26.4 Å². The van der Waals surface area contributed by atoms with Gasteiger partial charge in [0, 0.05) is 19.5 Å². The van der Waals surface area contributed by atoms with Gasteiger partial charge in [0.15, 0.2) is 0 Å². The summed E-state index contributed by atoms with van der Waals surface area (Å²) < 4.78 is 16.1. The van der Waals surface area contributed by atoms with E-state index in [4.69, 9.17) is 19.9 Å². The second kappa shape index (κ2) is 18.6. The average Bonchev–Trinajstić information content (AvgIpc) is 3.04. The number of carboxylic acid groups (broad SMARTS) is 1. The van der Waals surface area contributed by atoms with E-state index in [1.54, 1.807) is 12.1 Å². The highest BCUT2D eigenvalue weighted by Gasteiger charge is 2.24. The largest absolute Gasteiger partial charge is 0.480 e. The quantitative estimate of drug-likeness (QED) is 0.0945. The molecule has 234 valence electrons. The molecule has 44 heavy (non-hydrogen) atoms. The number of esters is 1. The summed E-state index contributed by atoms with van der Waals surface area (Å²) in [6.07, 6.45) is -1.35. The molecule has 0 heterocycles. The molecule has 11 nitrogen and oxygen atoms in total. The summed E-state index contributed by atoms with van der Waals surface area (Å²) in [5.74, 6) is -1.62. The lowest BCUT2D eigenvalue weighted by Gasteiger charge is -2.28. The van der Waals surface area contributed by atoms with Crippen molar-refractivity contribution >= 4 is 24.1 Å². The lowest BCUT2D eigenvalue weighted by molar-refractivity contribution is -0.145. The minimum absolute atomic E-state index is 0.00386. The molecule has 0 saturated carbocycles. The summed E-state index contributed by atoms with van der Waals surface area (Å²) in [7, 11) is 0. The molecule has 0 bridgehead atoms. The first-order chi connectivity index (χ1) is 21.3. The molecule has 3 aromatic rings. The van der Waals surface area contributed by atoms with E-state index < -0.39 is 36.8 Å². The van der Waals surface area contributed by atoms with Gasteiger partial charge in [0.05, 0.1) is 6.17 Å². The van der Waals surface area contributed by atoms with E-state index in [2.05, 4.69) is 0 Å². The maximum atomic E-state index is 13.1. The number of nitrogens with zero attached hydrogens (tertiary/aromatic N) is 2. The predicted molar refractivity (Wildman–Crippen MR) is 162 cm³/mol. The second-order valence-corrected chi connectivity index (χ2v) is 10.0. The fourth-order valence-electron chi connectivity index (χ4n) is 4.22. The number of rotatable bonds is 17. The summed E-state index contributed by atoms with van der Waals surface area (Å²) in [4.78, 5) is 51.8. The van der Waals surface area contributed by atoms with Crippen molar-refractivity contribution in [2.24, 2.45) is 5.73 Å². The van der Waals surface area contributed by atoms with Gasteiger partial charge in [-0.3, -0.25) is 19.4 Å². The molecular weight excluding hydrogens is 566 g/mol. The SMILES string of the molecule is NC(CCC(=O)OCc1ccccc1)N(CCCCN(CC(=O)O)C(=O)OCc1ccccc1)C(=O)OCc1ccccc1. The Labute approximate surface area is 257 Å². The average molecular weight is 606 g/mol. The molecule has 11 heteroatoms. The highest BCUT2D eigenvalue weighted by atomic mass is 16.6. The number of hydrogen-bond acceptors (Lipinski definition) is 8. The van der Waals surface area contributed by atoms with Gasteiger partial charge in [-0.2, -0.15) is 0 Å². The van der Waals surface area contributed by atoms with Crippen molar-refractivity contribution in [3.05, 3.63) is 108 Å². The number of nitrogens with two attached hydrogens (primary N) is 1. The monoisotopic (exact) mass is 605 g/mol. The van der Waals surface area contributed by atoms with Crippen molar-refractivity contribution in [1.82, 2.24) is 9.80 Å². The van der Waals surface area contributed by atoms with Crippen molar-refractivity contribution in [1.29, 1.82) is 0 Å². The van der Waals surface area contributed by atoms with Crippen LogP contribution in [0.15, 0.2) is 91.0 Å². The fourth-order valence-corrected chi connectivity index (χ4v) is 4.22. The summed E-state index contributed by atoms with van der Waals surface area (Å²) >= 11 is 0. The molecule has 1 atom stereocenters. The number of ether oxygens (including phenoxy) is 3. The first-order valence-electron chi connectivity index (χ1n) is 14.4. The Morgan fingerprint density at radius 3 is 1.61 bits per heavy atom. The van der Waals surface area contributed by atoms with Gasteiger partial charge < -0.3 is 25.1 Å². The topological polar surface area (TPSA) is 149 Å². The van der Waals surface area contributed by atoms with Crippen molar-refractivity contribution in [2.45, 2.75) is 51.7 Å². The Balaban J connectivity index is 1.53. The number of amides is 2. The minimum Gasteiger partial charge on any atom is -0.480 e. The van der Waals surface area contributed by atoms with Crippen LogP contribution in [0.25, 0.3) is 0 Å². The maximum absolute atomic E-state index is 13.1.